The lowest BCUT2D eigenvalue weighted by atomic mass is 9.92. The average molecular weight is 226 g/mol. The minimum Gasteiger partial charge on any atom is -0.295 e. The zero-order valence-corrected chi connectivity index (χ0v) is 10.3. The summed E-state index contributed by atoms with van der Waals surface area (Å²) < 4.78 is 0. The van der Waals surface area contributed by atoms with Crippen LogP contribution in [0.4, 0.5) is 5.69 Å². The van der Waals surface area contributed by atoms with Gasteiger partial charge >= 0.3 is 0 Å². The maximum atomic E-state index is 4.88. The molecule has 3 aliphatic rings. The smallest absolute Gasteiger partial charge is 0.0665 e. The number of hydrogen-bond acceptors (Lipinski definition) is 2. The summed E-state index contributed by atoms with van der Waals surface area (Å²) in [5.74, 6) is 0.873. The monoisotopic (exact) mass is 226 g/mol. The van der Waals surface area contributed by atoms with Gasteiger partial charge in [-0.2, -0.15) is 0 Å². The van der Waals surface area contributed by atoms with Crippen molar-refractivity contribution in [2.24, 2.45) is 10.9 Å². The Kier molecular flexibility index (Phi) is 1.98. The molecule has 0 amide bonds. The Balaban J connectivity index is 1.67. The fourth-order valence-electron chi connectivity index (χ4n) is 4.04. The van der Waals surface area contributed by atoms with Crippen molar-refractivity contribution in [3.8, 4) is 0 Å². The third-order valence-electron chi connectivity index (χ3n) is 4.88. The van der Waals surface area contributed by atoms with Crippen molar-refractivity contribution in [3.63, 3.8) is 0 Å². The zero-order chi connectivity index (χ0) is 11.4. The number of hydrogen-bond donors (Lipinski definition) is 0. The molecule has 1 unspecified atom stereocenters. The molecule has 2 aliphatic heterocycles. The topological polar surface area (TPSA) is 15.6 Å². The van der Waals surface area contributed by atoms with E-state index in [1.54, 1.807) is 0 Å². The Bertz CT molecular complexity index is 489. The highest BCUT2D eigenvalue weighted by atomic mass is 15.2. The van der Waals surface area contributed by atoms with E-state index >= 15 is 0 Å². The highest BCUT2D eigenvalue weighted by Gasteiger charge is 2.46. The summed E-state index contributed by atoms with van der Waals surface area (Å²) in [7, 11) is 2.29. The summed E-state index contributed by atoms with van der Waals surface area (Å²) in [6, 6.07) is 10.0. The maximum absolute atomic E-state index is 4.88. The van der Waals surface area contributed by atoms with Gasteiger partial charge in [0, 0.05) is 18.2 Å². The van der Waals surface area contributed by atoms with Gasteiger partial charge in [0.25, 0.3) is 0 Å². The number of para-hydroxylation sites is 1. The number of benzene rings is 1. The van der Waals surface area contributed by atoms with Gasteiger partial charge in [-0.15, -0.1) is 0 Å². The Morgan fingerprint density at radius 2 is 2.12 bits per heavy atom. The van der Waals surface area contributed by atoms with Crippen LogP contribution in [-0.2, 0) is 6.42 Å². The van der Waals surface area contributed by atoms with E-state index in [1.165, 1.54) is 36.2 Å². The number of rotatable bonds is 1. The molecule has 2 bridgehead atoms. The van der Waals surface area contributed by atoms with Gasteiger partial charge in [0.1, 0.15) is 0 Å². The van der Waals surface area contributed by atoms with E-state index in [0.717, 1.165) is 18.4 Å². The van der Waals surface area contributed by atoms with Crippen LogP contribution in [0.3, 0.4) is 0 Å². The Morgan fingerprint density at radius 1 is 1.24 bits per heavy atom. The average Bonchev–Trinajstić information content (AvgIpc) is 3.00. The molecule has 0 radical (unpaired) electrons. The van der Waals surface area contributed by atoms with Crippen LogP contribution in [0, 0.1) is 5.92 Å². The summed E-state index contributed by atoms with van der Waals surface area (Å²) in [4.78, 5) is 7.46. The predicted molar refractivity (Wildman–Crippen MR) is 69.9 cm³/mol. The first-order valence-electron chi connectivity index (χ1n) is 6.70. The van der Waals surface area contributed by atoms with E-state index < -0.39 is 0 Å². The minimum atomic E-state index is 0.626. The van der Waals surface area contributed by atoms with Gasteiger partial charge in [-0.3, -0.25) is 9.89 Å². The van der Waals surface area contributed by atoms with Gasteiger partial charge in [-0.25, -0.2) is 0 Å². The highest BCUT2D eigenvalue weighted by molar-refractivity contribution is 5.98. The molecule has 1 aromatic rings. The third kappa shape index (κ3) is 1.34. The fourth-order valence-corrected chi connectivity index (χ4v) is 4.04. The Morgan fingerprint density at radius 3 is 2.88 bits per heavy atom. The molecule has 0 N–H and O–H groups in total. The molecular weight excluding hydrogens is 208 g/mol. The van der Waals surface area contributed by atoms with Crippen molar-refractivity contribution in [1.82, 2.24) is 4.90 Å². The standard InChI is InChI=1S/C15H18N2/c1-17-12-7-6-11(8-12)15(17)14-9-10-4-2-3-5-13(10)16-14/h2-5,11-12,15H,6-9H2,1H3/t11-,12?,15-/m0/s1. The van der Waals surface area contributed by atoms with Gasteiger partial charge in [0.05, 0.1) is 11.7 Å². The predicted octanol–water partition coefficient (Wildman–Crippen LogP) is 2.80. The van der Waals surface area contributed by atoms with Gasteiger partial charge in [-0.05, 0) is 43.9 Å². The van der Waals surface area contributed by atoms with Crippen LogP contribution in [0.15, 0.2) is 29.3 Å². The van der Waals surface area contributed by atoms with Crippen molar-refractivity contribution in [3.05, 3.63) is 29.8 Å². The molecule has 17 heavy (non-hydrogen) atoms. The van der Waals surface area contributed by atoms with Crippen molar-refractivity contribution in [2.45, 2.75) is 37.8 Å². The Labute approximate surface area is 102 Å². The van der Waals surface area contributed by atoms with E-state index in [2.05, 4.69) is 36.2 Å². The summed E-state index contributed by atoms with van der Waals surface area (Å²) in [5.41, 5.74) is 4.04. The lowest BCUT2D eigenvalue weighted by Crippen LogP contribution is -2.43. The molecule has 0 spiro atoms. The molecular formula is C15H18N2. The van der Waals surface area contributed by atoms with E-state index in [0.29, 0.717) is 6.04 Å². The minimum absolute atomic E-state index is 0.626. The third-order valence-corrected chi connectivity index (χ3v) is 4.88. The molecule has 2 fully saturated rings. The number of likely N-dealkylation sites (tertiary alicyclic amines) is 1. The van der Waals surface area contributed by atoms with Crippen LogP contribution in [0.1, 0.15) is 24.8 Å². The second-order valence-electron chi connectivity index (χ2n) is 5.75. The number of fused-ring (bicyclic) bond motifs is 3. The molecule has 4 rings (SSSR count). The summed E-state index contributed by atoms with van der Waals surface area (Å²) >= 11 is 0. The van der Waals surface area contributed by atoms with Gasteiger partial charge < -0.3 is 0 Å². The maximum Gasteiger partial charge on any atom is 0.0665 e. The van der Waals surface area contributed by atoms with Crippen LogP contribution < -0.4 is 0 Å². The van der Waals surface area contributed by atoms with Gasteiger partial charge in [-0.1, -0.05) is 18.2 Å². The summed E-state index contributed by atoms with van der Waals surface area (Å²) in [6.45, 7) is 0. The van der Waals surface area contributed by atoms with Crippen molar-refractivity contribution in [2.75, 3.05) is 7.05 Å². The highest BCUT2D eigenvalue weighted by Crippen LogP contribution is 2.43. The number of piperidine rings is 1. The van der Waals surface area contributed by atoms with Crippen LogP contribution in [0.25, 0.3) is 0 Å². The fraction of sp³-hybridized carbons (Fsp3) is 0.533. The molecule has 2 nitrogen and oxygen atoms in total. The first kappa shape index (κ1) is 9.84. The number of nitrogens with zero attached hydrogens (tertiary/aromatic N) is 2. The largest absolute Gasteiger partial charge is 0.295 e. The quantitative estimate of drug-likeness (QED) is 0.719. The van der Waals surface area contributed by atoms with E-state index in [4.69, 9.17) is 4.99 Å². The summed E-state index contributed by atoms with van der Waals surface area (Å²) in [5, 5.41) is 0. The van der Waals surface area contributed by atoms with Crippen molar-refractivity contribution >= 4 is 11.4 Å². The van der Waals surface area contributed by atoms with Crippen LogP contribution in [0.2, 0.25) is 0 Å². The van der Waals surface area contributed by atoms with E-state index in [9.17, 15) is 0 Å². The van der Waals surface area contributed by atoms with E-state index in [-0.39, 0.29) is 0 Å². The normalized spacial score (nSPS) is 35.1. The molecule has 2 heterocycles. The molecule has 1 saturated carbocycles. The van der Waals surface area contributed by atoms with Crippen LogP contribution in [0.5, 0.6) is 0 Å². The first-order valence-corrected chi connectivity index (χ1v) is 6.70. The van der Waals surface area contributed by atoms with Crippen LogP contribution in [-0.4, -0.2) is 29.7 Å². The molecule has 3 atom stereocenters. The van der Waals surface area contributed by atoms with E-state index in [1.807, 2.05) is 0 Å². The Hall–Kier alpha value is -1.15. The molecule has 0 aromatic heterocycles. The van der Waals surface area contributed by atoms with Gasteiger partial charge in [0.15, 0.2) is 0 Å². The van der Waals surface area contributed by atoms with Crippen molar-refractivity contribution in [1.29, 1.82) is 0 Å². The molecule has 88 valence electrons. The molecule has 1 aromatic carbocycles. The molecule has 1 aliphatic carbocycles. The molecule has 1 saturated heterocycles. The second kappa shape index (κ2) is 3.42. The van der Waals surface area contributed by atoms with Crippen molar-refractivity contribution < 1.29 is 0 Å². The SMILES string of the molecule is CN1C2CC[C@@H](C2)[C@H]1C1=Nc2ccccc2C1. The van der Waals surface area contributed by atoms with Crippen LogP contribution >= 0.6 is 0 Å². The zero-order valence-electron chi connectivity index (χ0n) is 10.3. The lowest BCUT2D eigenvalue weighted by Gasteiger charge is -2.32. The second-order valence-corrected chi connectivity index (χ2v) is 5.75. The summed E-state index contributed by atoms with van der Waals surface area (Å²) in [6.07, 6.45) is 5.29. The molecule has 2 heteroatoms. The number of aliphatic imine (C=N–C) groups is 1. The first-order chi connectivity index (χ1) is 8.33. The van der Waals surface area contributed by atoms with Gasteiger partial charge in [0.2, 0.25) is 0 Å². The lowest BCUT2D eigenvalue weighted by molar-refractivity contribution is 0.222.